The van der Waals surface area contributed by atoms with Gasteiger partial charge >= 0.3 is 5.97 Å². The van der Waals surface area contributed by atoms with E-state index in [1.54, 1.807) is 0 Å². The van der Waals surface area contributed by atoms with E-state index in [0.29, 0.717) is 13.2 Å². The molecule has 1 rings (SSSR count). The highest BCUT2D eigenvalue weighted by atomic mass is 16.5. The van der Waals surface area contributed by atoms with Crippen molar-refractivity contribution in [1.29, 1.82) is 0 Å². The van der Waals surface area contributed by atoms with Crippen LogP contribution in [0.3, 0.4) is 0 Å². The standard InChI is InChI=1S/C21H28O3/c1-17(2)7-5-8-18(3)14-16-24-21-12-10-20(11-13-21)9-6-15-23-19(4)22/h6-7,9-14H,5,8,15-16H2,1-4H3. The van der Waals surface area contributed by atoms with E-state index in [-0.39, 0.29) is 5.97 Å². The minimum atomic E-state index is -0.271. The van der Waals surface area contributed by atoms with E-state index in [4.69, 9.17) is 9.47 Å². The van der Waals surface area contributed by atoms with Crippen molar-refractivity contribution in [3.8, 4) is 5.75 Å². The summed E-state index contributed by atoms with van der Waals surface area (Å²) in [5, 5.41) is 0. The Morgan fingerprint density at radius 1 is 1.00 bits per heavy atom. The first-order valence-electron chi connectivity index (χ1n) is 8.29. The first kappa shape index (κ1) is 19.8. The molecule has 3 nitrogen and oxygen atoms in total. The van der Waals surface area contributed by atoms with Crippen molar-refractivity contribution in [2.75, 3.05) is 13.2 Å². The van der Waals surface area contributed by atoms with Crippen LogP contribution in [0.1, 0.15) is 46.1 Å². The SMILES string of the molecule is CC(=O)OCC=Cc1ccc(OCC=C(C)CCC=C(C)C)cc1. The summed E-state index contributed by atoms with van der Waals surface area (Å²) in [5.41, 5.74) is 3.75. The van der Waals surface area contributed by atoms with Crippen molar-refractivity contribution in [3.63, 3.8) is 0 Å². The fourth-order valence-electron chi connectivity index (χ4n) is 2.00. The van der Waals surface area contributed by atoms with Gasteiger partial charge in [0.1, 0.15) is 19.0 Å². The van der Waals surface area contributed by atoms with E-state index in [1.807, 2.05) is 36.4 Å². The van der Waals surface area contributed by atoms with E-state index < -0.39 is 0 Å². The zero-order valence-corrected chi connectivity index (χ0v) is 15.2. The minimum absolute atomic E-state index is 0.271. The molecule has 0 aliphatic rings. The second kappa shape index (κ2) is 11.3. The third-order valence-corrected chi connectivity index (χ3v) is 3.35. The van der Waals surface area contributed by atoms with Crippen molar-refractivity contribution in [2.45, 2.75) is 40.5 Å². The summed E-state index contributed by atoms with van der Waals surface area (Å²) in [5.74, 6) is 0.577. The average molecular weight is 328 g/mol. The Morgan fingerprint density at radius 2 is 1.71 bits per heavy atom. The maximum atomic E-state index is 10.7. The summed E-state index contributed by atoms with van der Waals surface area (Å²) in [7, 11) is 0. The lowest BCUT2D eigenvalue weighted by molar-refractivity contribution is -0.139. The van der Waals surface area contributed by atoms with Gasteiger partial charge < -0.3 is 9.47 Å². The molecule has 0 radical (unpaired) electrons. The van der Waals surface area contributed by atoms with Gasteiger partial charge in [0.05, 0.1) is 0 Å². The monoisotopic (exact) mass is 328 g/mol. The molecule has 0 heterocycles. The molecule has 0 fully saturated rings. The molecular formula is C21H28O3. The van der Waals surface area contributed by atoms with E-state index in [9.17, 15) is 4.79 Å². The van der Waals surface area contributed by atoms with Crippen LogP contribution >= 0.6 is 0 Å². The summed E-state index contributed by atoms with van der Waals surface area (Å²) in [6, 6.07) is 7.84. The van der Waals surface area contributed by atoms with Crippen LogP contribution in [-0.4, -0.2) is 19.2 Å². The van der Waals surface area contributed by atoms with Gasteiger partial charge in [-0.1, -0.05) is 35.4 Å². The Labute approximate surface area is 145 Å². The maximum absolute atomic E-state index is 10.7. The highest BCUT2D eigenvalue weighted by molar-refractivity contribution is 5.66. The zero-order valence-electron chi connectivity index (χ0n) is 15.2. The largest absolute Gasteiger partial charge is 0.490 e. The van der Waals surface area contributed by atoms with Crippen LogP contribution in [0.2, 0.25) is 0 Å². The molecule has 0 spiro atoms. The molecule has 1 aromatic rings. The van der Waals surface area contributed by atoms with Gasteiger partial charge in [0.25, 0.3) is 0 Å². The number of ether oxygens (including phenoxy) is 2. The third-order valence-electron chi connectivity index (χ3n) is 3.35. The molecule has 0 saturated carbocycles. The van der Waals surface area contributed by atoms with Gasteiger partial charge in [0.2, 0.25) is 0 Å². The number of esters is 1. The Hall–Kier alpha value is -2.29. The lowest BCUT2D eigenvalue weighted by Crippen LogP contribution is -1.97. The number of hydrogen-bond donors (Lipinski definition) is 0. The molecule has 0 saturated heterocycles. The van der Waals surface area contributed by atoms with E-state index in [0.717, 1.165) is 24.2 Å². The minimum Gasteiger partial charge on any atom is -0.490 e. The smallest absolute Gasteiger partial charge is 0.302 e. The molecule has 1 aromatic carbocycles. The summed E-state index contributed by atoms with van der Waals surface area (Å²) >= 11 is 0. The predicted octanol–water partition coefficient (Wildman–Crippen LogP) is 5.33. The Bertz CT molecular complexity index is 588. The maximum Gasteiger partial charge on any atom is 0.302 e. The number of carbonyl (C=O) groups is 1. The molecule has 0 bridgehead atoms. The van der Waals surface area contributed by atoms with Crippen LogP contribution in [0.15, 0.2) is 53.6 Å². The van der Waals surface area contributed by atoms with Crippen molar-refractivity contribution >= 4 is 12.0 Å². The number of benzene rings is 1. The van der Waals surface area contributed by atoms with Crippen LogP contribution in [-0.2, 0) is 9.53 Å². The van der Waals surface area contributed by atoms with Crippen molar-refractivity contribution in [2.24, 2.45) is 0 Å². The summed E-state index contributed by atoms with van der Waals surface area (Å²) in [4.78, 5) is 10.7. The highest BCUT2D eigenvalue weighted by Crippen LogP contribution is 2.14. The molecule has 0 atom stereocenters. The first-order chi connectivity index (χ1) is 11.5. The molecule has 24 heavy (non-hydrogen) atoms. The topological polar surface area (TPSA) is 35.5 Å². The second-order valence-electron chi connectivity index (χ2n) is 5.96. The Kier molecular flexibility index (Phi) is 9.28. The molecule has 3 heteroatoms. The van der Waals surface area contributed by atoms with Crippen LogP contribution < -0.4 is 4.74 Å². The fraction of sp³-hybridized carbons (Fsp3) is 0.381. The average Bonchev–Trinajstić information content (AvgIpc) is 2.52. The lowest BCUT2D eigenvalue weighted by Gasteiger charge is -2.05. The van der Waals surface area contributed by atoms with Crippen molar-refractivity contribution in [1.82, 2.24) is 0 Å². The summed E-state index contributed by atoms with van der Waals surface area (Å²) in [6.07, 6.45) is 10.3. The zero-order chi connectivity index (χ0) is 17.8. The fourth-order valence-corrected chi connectivity index (χ4v) is 2.00. The lowest BCUT2D eigenvalue weighted by atomic mass is 10.1. The normalized spacial score (nSPS) is 11.4. The van der Waals surface area contributed by atoms with Crippen molar-refractivity contribution in [3.05, 3.63) is 59.2 Å². The van der Waals surface area contributed by atoms with Gasteiger partial charge in [-0.05, 0) is 63.5 Å². The molecular weight excluding hydrogens is 300 g/mol. The second-order valence-corrected chi connectivity index (χ2v) is 5.96. The molecule has 130 valence electrons. The van der Waals surface area contributed by atoms with Crippen LogP contribution in [0, 0.1) is 0 Å². The van der Waals surface area contributed by atoms with E-state index in [2.05, 4.69) is 32.9 Å². The van der Waals surface area contributed by atoms with Crippen molar-refractivity contribution < 1.29 is 14.3 Å². The van der Waals surface area contributed by atoms with Gasteiger partial charge in [-0.2, -0.15) is 0 Å². The number of hydrogen-bond acceptors (Lipinski definition) is 3. The van der Waals surface area contributed by atoms with Crippen LogP contribution in [0.5, 0.6) is 5.75 Å². The quantitative estimate of drug-likeness (QED) is 0.454. The number of allylic oxidation sites excluding steroid dienone is 3. The van der Waals surface area contributed by atoms with E-state index in [1.165, 1.54) is 18.1 Å². The van der Waals surface area contributed by atoms with Crippen LogP contribution in [0.4, 0.5) is 0 Å². The molecule has 0 amide bonds. The molecule has 0 aromatic heterocycles. The first-order valence-corrected chi connectivity index (χ1v) is 8.29. The number of carbonyl (C=O) groups excluding carboxylic acids is 1. The van der Waals surface area contributed by atoms with Gasteiger partial charge in [0.15, 0.2) is 0 Å². The Morgan fingerprint density at radius 3 is 2.33 bits per heavy atom. The Balaban J connectivity index is 2.36. The summed E-state index contributed by atoms with van der Waals surface area (Å²) < 4.78 is 10.6. The van der Waals surface area contributed by atoms with Gasteiger partial charge in [0, 0.05) is 6.92 Å². The molecule has 0 N–H and O–H groups in total. The molecule has 0 aliphatic carbocycles. The van der Waals surface area contributed by atoms with Gasteiger partial charge in [-0.3, -0.25) is 4.79 Å². The van der Waals surface area contributed by atoms with Gasteiger partial charge in [-0.25, -0.2) is 0 Å². The van der Waals surface area contributed by atoms with E-state index >= 15 is 0 Å². The summed E-state index contributed by atoms with van der Waals surface area (Å²) in [6.45, 7) is 8.66. The highest BCUT2D eigenvalue weighted by Gasteiger charge is 1.94. The predicted molar refractivity (Wildman–Crippen MR) is 100 cm³/mol. The molecule has 0 aliphatic heterocycles. The van der Waals surface area contributed by atoms with Gasteiger partial charge in [-0.15, -0.1) is 0 Å². The third kappa shape index (κ3) is 9.67. The number of rotatable bonds is 9. The van der Waals surface area contributed by atoms with Crippen LogP contribution in [0.25, 0.3) is 6.08 Å². The molecule has 0 unspecified atom stereocenters.